The molecule has 0 aliphatic carbocycles. The minimum absolute atomic E-state index is 0.209. The van der Waals surface area contributed by atoms with E-state index in [1.807, 2.05) is 0 Å². The molecule has 6 heteroatoms. The lowest BCUT2D eigenvalue weighted by atomic mass is 10.1. The van der Waals surface area contributed by atoms with Crippen molar-refractivity contribution in [2.45, 2.75) is 13.3 Å². The number of carbonyl (C=O) groups excluding carboxylic acids is 1. The molecule has 0 fully saturated rings. The SMILES string of the molecule is COC(=O)c1cccc(C)c1OC(F)(F)F. The van der Waals surface area contributed by atoms with Gasteiger partial charge in [-0.3, -0.25) is 0 Å². The Bertz CT molecular complexity index is 399. The van der Waals surface area contributed by atoms with Crippen molar-refractivity contribution >= 4 is 5.97 Å². The molecule has 0 radical (unpaired) electrons. The van der Waals surface area contributed by atoms with Gasteiger partial charge in [-0.25, -0.2) is 4.79 Å². The fraction of sp³-hybridized carbons (Fsp3) is 0.300. The Morgan fingerprint density at radius 3 is 2.44 bits per heavy atom. The van der Waals surface area contributed by atoms with E-state index in [1.165, 1.54) is 25.1 Å². The van der Waals surface area contributed by atoms with Gasteiger partial charge in [0.2, 0.25) is 0 Å². The molecule has 0 aromatic heterocycles. The van der Waals surface area contributed by atoms with Crippen LogP contribution in [0.15, 0.2) is 18.2 Å². The summed E-state index contributed by atoms with van der Waals surface area (Å²) in [6.07, 6.45) is -4.84. The molecule has 0 bridgehead atoms. The number of methoxy groups -OCH3 is 1. The zero-order valence-corrected chi connectivity index (χ0v) is 8.59. The van der Waals surface area contributed by atoms with Crippen molar-refractivity contribution in [3.05, 3.63) is 29.3 Å². The van der Waals surface area contributed by atoms with Gasteiger partial charge in [0.1, 0.15) is 11.3 Å². The van der Waals surface area contributed by atoms with Crippen LogP contribution in [0.1, 0.15) is 15.9 Å². The summed E-state index contributed by atoms with van der Waals surface area (Å²) in [7, 11) is 1.09. The number of alkyl halides is 3. The molecule has 1 rings (SSSR count). The van der Waals surface area contributed by atoms with Gasteiger partial charge in [0.25, 0.3) is 0 Å². The highest BCUT2D eigenvalue weighted by atomic mass is 19.4. The van der Waals surface area contributed by atoms with Crippen molar-refractivity contribution in [2.75, 3.05) is 7.11 Å². The van der Waals surface area contributed by atoms with Crippen LogP contribution in [0.5, 0.6) is 5.75 Å². The molecule has 88 valence electrons. The Balaban J connectivity index is 3.19. The number of hydrogen-bond donors (Lipinski definition) is 0. The molecule has 0 aliphatic heterocycles. The fourth-order valence-electron chi connectivity index (χ4n) is 1.17. The van der Waals surface area contributed by atoms with E-state index in [4.69, 9.17) is 0 Å². The molecular formula is C10H9F3O3. The average molecular weight is 234 g/mol. The summed E-state index contributed by atoms with van der Waals surface area (Å²) in [5, 5.41) is 0. The number of halogens is 3. The first-order valence-corrected chi connectivity index (χ1v) is 4.29. The van der Waals surface area contributed by atoms with Gasteiger partial charge >= 0.3 is 12.3 Å². The maximum Gasteiger partial charge on any atom is 0.573 e. The molecule has 16 heavy (non-hydrogen) atoms. The lowest BCUT2D eigenvalue weighted by Crippen LogP contribution is -2.20. The van der Waals surface area contributed by atoms with E-state index in [9.17, 15) is 18.0 Å². The van der Waals surface area contributed by atoms with Gasteiger partial charge in [-0.05, 0) is 18.6 Å². The molecule has 3 nitrogen and oxygen atoms in total. The van der Waals surface area contributed by atoms with Crippen LogP contribution in [-0.4, -0.2) is 19.4 Å². The molecule has 0 atom stereocenters. The van der Waals surface area contributed by atoms with Gasteiger partial charge in [-0.15, -0.1) is 13.2 Å². The van der Waals surface area contributed by atoms with E-state index in [2.05, 4.69) is 9.47 Å². The van der Waals surface area contributed by atoms with Crippen LogP contribution in [0.25, 0.3) is 0 Å². The molecule has 0 saturated carbocycles. The molecular weight excluding hydrogens is 225 g/mol. The second-order valence-corrected chi connectivity index (χ2v) is 2.99. The Morgan fingerprint density at radius 2 is 1.94 bits per heavy atom. The molecule has 0 N–H and O–H groups in total. The number of esters is 1. The lowest BCUT2D eigenvalue weighted by Gasteiger charge is -2.14. The molecule has 0 spiro atoms. The first kappa shape index (κ1) is 12.4. The number of ether oxygens (including phenoxy) is 2. The monoisotopic (exact) mass is 234 g/mol. The average Bonchev–Trinajstić information content (AvgIpc) is 2.18. The Hall–Kier alpha value is -1.72. The van der Waals surface area contributed by atoms with Crippen LogP contribution in [0.2, 0.25) is 0 Å². The van der Waals surface area contributed by atoms with Gasteiger partial charge in [0, 0.05) is 0 Å². The van der Waals surface area contributed by atoms with Crippen molar-refractivity contribution in [3.8, 4) is 5.75 Å². The number of benzene rings is 1. The summed E-state index contributed by atoms with van der Waals surface area (Å²) in [6.45, 7) is 1.41. The van der Waals surface area contributed by atoms with Crippen LogP contribution in [0, 0.1) is 6.92 Å². The van der Waals surface area contributed by atoms with Gasteiger partial charge in [0.15, 0.2) is 0 Å². The van der Waals surface area contributed by atoms with E-state index >= 15 is 0 Å². The normalized spacial score (nSPS) is 11.1. The topological polar surface area (TPSA) is 35.5 Å². The highest BCUT2D eigenvalue weighted by molar-refractivity contribution is 5.92. The van der Waals surface area contributed by atoms with E-state index in [0.29, 0.717) is 0 Å². The minimum Gasteiger partial charge on any atom is -0.465 e. The Morgan fingerprint density at radius 1 is 1.31 bits per heavy atom. The van der Waals surface area contributed by atoms with Gasteiger partial charge in [-0.2, -0.15) is 0 Å². The zero-order chi connectivity index (χ0) is 12.3. The molecule has 0 unspecified atom stereocenters. The van der Waals surface area contributed by atoms with Crippen LogP contribution >= 0.6 is 0 Å². The van der Waals surface area contributed by atoms with Crippen LogP contribution in [0.4, 0.5) is 13.2 Å². The molecule has 0 amide bonds. The molecule has 1 aromatic carbocycles. The number of rotatable bonds is 2. The van der Waals surface area contributed by atoms with Gasteiger partial charge < -0.3 is 9.47 Å². The predicted molar refractivity (Wildman–Crippen MR) is 49.2 cm³/mol. The summed E-state index contributed by atoms with van der Waals surface area (Å²) in [6, 6.07) is 4.07. The van der Waals surface area contributed by atoms with Crippen molar-refractivity contribution in [1.82, 2.24) is 0 Å². The van der Waals surface area contributed by atoms with E-state index in [0.717, 1.165) is 7.11 Å². The third kappa shape index (κ3) is 2.88. The highest BCUT2D eigenvalue weighted by Gasteiger charge is 2.33. The fourth-order valence-corrected chi connectivity index (χ4v) is 1.17. The number of carbonyl (C=O) groups is 1. The van der Waals surface area contributed by atoms with E-state index < -0.39 is 18.1 Å². The van der Waals surface area contributed by atoms with Crippen LogP contribution in [0.3, 0.4) is 0 Å². The standard InChI is InChI=1S/C10H9F3O3/c1-6-4-3-5-7(9(14)15-2)8(6)16-10(11,12)13/h3-5H,1-2H3. The summed E-state index contributed by atoms with van der Waals surface area (Å²) >= 11 is 0. The summed E-state index contributed by atoms with van der Waals surface area (Å²) in [4.78, 5) is 11.2. The van der Waals surface area contributed by atoms with Crippen molar-refractivity contribution in [1.29, 1.82) is 0 Å². The van der Waals surface area contributed by atoms with Crippen molar-refractivity contribution in [3.63, 3.8) is 0 Å². The first-order valence-electron chi connectivity index (χ1n) is 4.29. The maximum atomic E-state index is 12.1. The first-order chi connectivity index (χ1) is 7.35. The summed E-state index contributed by atoms with van der Waals surface area (Å²) < 4.78 is 44.4. The predicted octanol–water partition coefficient (Wildman–Crippen LogP) is 2.68. The maximum absolute atomic E-state index is 12.1. The van der Waals surface area contributed by atoms with Crippen molar-refractivity contribution < 1.29 is 27.4 Å². The number of aryl methyl sites for hydroxylation is 1. The van der Waals surface area contributed by atoms with Crippen LogP contribution in [-0.2, 0) is 4.74 Å². The van der Waals surface area contributed by atoms with E-state index in [-0.39, 0.29) is 11.1 Å². The Labute approximate surface area is 89.8 Å². The minimum atomic E-state index is -4.84. The van der Waals surface area contributed by atoms with Gasteiger partial charge in [-0.1, -0.05) is 12.1 Å². The quantitative estimate of drug-likeness (QED) is 0.738. The number of para-hydroxylation sites is 1. The zero-order valence-electron chi connectivity index (χ0n) is 8.59. The smallest absolute Gasteiger partial charge is 0.465 e. The van der Waals surface area contributed by atoms with Crippen LogP contribution < -0.4 is 4.74 Å². The summed E-state index contributed by atoms with van der Waals surface area (Å²) in [5.41, 5.74) is -0.0416. The number of hydrogen-bond acceptors (Lipinski definition) is 3. The Kier molecular flexibility index (Phi) is 3.41. The molecule has 1 aromatic rings. The second-order valence-electron chi connectivity index (χ2n) is 2.99. The van der Waals surface area contributed by atoms with E-state index in [1.54, 1.807) is 0 Å². The largest absolute Gasteiger partial charge is 0.573 e. The highest BCUT2D eigenvalue weighted by Crippen LogP contribution is 2.30. The molecule has 0 heterocycles. The second kappa shape index (κ2) is 4.42. The van der Waals surface area contributed by atoms with Crippen molar-refractivity contribution in [2.24, 2.45) is 0 Å². The molecule has 0 saturated heterocycles. The summed E-state index contributed by atoms with van der Waals surface area (Å²) in [5.74, 6) is -1.40. The lowest BCUT2D eigenvalue weighted by molar-refractivity contribution is -0.275. The van der Waals surface area contributed by atoms with Gasteiger partial charge in [0.05, 0.1) is 7.11 Å². The molecule has 0 aliphatic rings. The third-order valence-electron chi connectivity index (χ3n) is 1.83. The third-order valence-corrected chi connectivity index (χ3v) is 1.83.